The molecule has 0 bridgehead atoms. The lowest BCUT2D eigenvalue weighted by Crippen LogP contribution is -2.59. The molecule has 1 saturated heterocycles. The summed E-state index contributed by atoms with van der Waals surface area (Å²) < 4.78 is 16.5. The van der Waals surface area contributed by atoms with E-state index in [0.717, 1.165) is 38.5 Å². The van der Waals surface area contributed by atoms with Crippen molar-refractivity contribution < 1.29 is 33.4 Å². The molecule has 1 aromatic carbocycles. The SMILES string of the molecule is CCCCOC(=O)c1cccc(-c2nc(OC3CCCC3)cc(C(=O)NC(C)C(=O)C3CN(C(=O)OCC)CCN3)n2)c1. The number of ketones is 1. The number of amides is 2. The van der Waals surface area contributed by atoms with Gasteiger partial charge in [0.2, 0.25) is 5.88 Å². The van der Waals surface area contributed by atoms with E-state index in [1.807, 2.05) is 6.92 Å². The van der Waals surface area contributed by atoms with E-state index in [1.54, 1.807) is 38.1 Å². The van der Waals surface area contributed by atoms with E-state index in [0.29, 0.717) is 30.8 Å². The Kier molecular flexibility index (Phi) is 11.4. The third kappa shape index (κ3) is 8.73. The first kappa shape index (κ1) is 31.9. The van der Waals surface area contributed by atoms with Gasteiger partial charge in [-0.25, -0.2) is 14.6 Å². The third-order valence-corrected chi connectivity index (χ3v) is 7.43. The lowest BCUT2D eigenvalue weighted by atomic mass is 10.0. The lowest BCUT2D eigenvalue weighted by molar-refractivity contribution is -0.123. The Hall–Kier alpha value is -4.06. The second kappa shape index (κ2) is 15.4. The summed E-state index contributed by atoms with van der Waals surface area (Å²) in [5.41, 5.74) is 0.894. The molecule has 1 aromatic heterocycles. The number of aromatic nitrogens is 2. The number of hydrogen-bond acceptors (Lipinski definition) is 10. The van der Waals surface area contributed by atoms with Crippen molar-refractivity contribution in [3.8, 4) is 17.3 Å². The molecule has 0 spiro atoms. The number of carbonyl (C=O) groups excluding carboxylic acids is 4. The highest BCUT2D eigenvalue weighted by molar-refractivity contribution is 5.98. The number of ether oxygens (including phenoxy) is 3. The van der Waals surface area contributed by atoms with Gasteiger partial charge in [0.15, 0.2) is 11.6 Å². The zero-order valence-corrected chi connectivity index (χ0v) is 25.1. The van der Waals surface area contributed by atoms with Crippen molar-refractivity contribution in [1.29, 1.82) is 0 Å². The first-order chi connectivity index (χ1) is 20.8. The number of Topliss-reactive ketones (excluding diaryl/α,β-unsaturated/α-hetero) is 1. The van der Waals surface area contributed by atoms with E-state index in [1.165, 1.54) is 11.0 Å². The Labute approximate surface area is 251 Å². The zero-order valence-electron chi connectivity index (χ0n) is 25.1. The van der Waals surface area contributed by atoms with Crippen molar-refractivity contribution in [2.24, 2.45) is 0 Å². The minimum Gasteiger partial charge on any atom is -0.474 e. The van der Waals surface area contributed by atoms with E-state index >= 15 is 0 Å². The number of esters is 1. The quantitative estimate of drug-likeness (QED) is 0.276. The van der Waals surface area contributed by atoms with Crippen LogP contribution in [-0.2, 0) is 14.3 Å². The van der Waals surface area contributed by atoms with Crippen LogP contribution in [0, 0.1) is 0 Å². The van der Waals surface area contributed by atoms with Gasteiger partial charge in [0.1, 0.15) is 11.8 Å². The third-order valence-electron chi connectivity index (χ3n) is 7.43. The molecule has 2 aliphatic rings. The maximum Gasteiger partial charge on any atom is 0.409 e. The Morgan fingerprint density at radius 2 is 1.88 bits per heavy atom. The molecule has 43 heavy (non-hydrogen) atoms. The highest BCUT2D eigenvalue weighted by atomic mass is 16.6. The minimum absolute atomic E-state index is 0.0150. The zero-order chi connectivity index (χ0) is 30.8. The van der Waals surface area contributed by atoms with Crippen LogP contribution in [0.5, 0.6) is 5.88 Å². The number of piperazine rings is 1. The van der Waals surface area contributed by atoms with Gasteiger partial charge in [0, 0.05) is 31.3 Å². The van der Waals surface area contributed by atoms with Gasteiger partial charge in [-0.2, -0.15) is 4.98 Å². The van der Waals surface area contributed by atoms with Crippen molar-refractivity contribution >= 4 is 23.8 Å². The molecule has 2 unspecified atom stereocenters. The van der Waals surface area contributed by atoms with Gasteiger partial charge in [-0.3, -0.25) is 9.59 Å². The van der Waals surface area contributed by atoms with E-state index in [4.69, 9.17) is 14.2 Å². The fourth-order valence-electron chi connectivity index (χ4n) is 5.05. The van der Waals surface area contributed by atoms with Crippen LogP contribution < -0.4 is 15.4 Å². The number of unbranched alkanes of at least 4 members (excludes halogenated alkanes) is 1. The molecular formula is C31H41N5O7. The van der Waals surface area contributed by atoms with Crippen molar-refractivity contribution in [2.75, 3.05) is 32.8 Å². The molecule has 2 heterocycles. The number of nitrogens with zero attached hydrogens (tertiary/aromatic N) is 3. The van der Waals surface area contributed by atoms with Gasteiger partial charge < -0.3 is 29.7 Å². The molecule has 12 nitrogen and oxygen atoms in total. The van der Waals surface area contributed by atoms with E-state index < -0.39 is 30.1 Å². The molecule has 0 radical (unpaired) electrons. The molecule has 2 atom stereocenters. The van der Waals surface area contributed by atoms with Crippen LogP contribution in [0.3, 0.4) is 0 Å². The van der Waals surface area contributed by atoms with E-state index in [2.05, 4.69) is 20.6 Å². The van der Waals surface area contributed by atoms with Gasteiger partial charge >= 0.3 is 12.1 Å². The van der Waals surface area contributed by atoms with Crippen LogP contribution in [0.2, 0.25) is 0 Å². The highest BCUT2D eigenvalue weighted by Gasteiger charge is 2.32. The number of hydrogen-bond donors (Lipinski definition) is 2. The van der Waals surface area contributed by atoms with Crippen LogP contribution in [0.1, 0.15) is 80.1 Å². The average Bonchev–Trinajstić information content (AvgIpc) is 3.53. The van der Waals surface area contributed by atoms with Crippen molar-refractivity contribution in [3.63, 3.8) is 0 Å². The van der Waals surface area contributed by atoms with Crippen LogP contribution >= 0.6 is 0 Å². The Morgan fingerprint density at radius 3 is 2.63 bits per heavy atom. The maximum absolute atomic E-state index is 13.4. The standard InChI is InChI=1S/C31H41N5O7/c1-4-6-16-42-30(39)22-11-9-10-21(17-22)28-34-24(18-26(35-28)43-23-12-7-8-13-23)29(38)33-20(3)27(37)25-19-36(15-14-32-25)31(40)41-5-2/h9-11,17-18,20,23,25,32H,4-8,12-16,19H2,1-3H3,(H,33,38). The molecule has 12 heteroatoms. The van der Waals surface area contributed by atoms with Gasteiger partial charge in [0.05, 0.1) is 30.9 Å². The summed E-state index contributed by atoms with van der Waals surface area (Å²) in [7, 11) is 0. The molecular weight excluding hydrogens is 554 g/mol. The second-order valence-corrected chi connectivity index (χ2v) is 10.8. The summed E-state index contributed by atoms with van der Waals surface area (Å²) in [6.07, 6.45) is 5.09. The Bertz CT molecular complexity index is 1300. The van der Waals surface area contributed by atoms with Gasteiger partial charge in [-0.15, -0.1) is 0 Å². The van der Waals surface area contributed by atoms with Crippen LogP contribution in [0.4, 0.5) is 4.79 Å². The summed E-state index contributed by atoms with van der Waals surface area (Å²) in [6, 6.07) is 6.67. The molecule has 2 fully saturated rings. The van der Waals surface area contributed by atoms with Crippen molar-refractivity contribution in [1.82, 2.24) is 25.5 Å². The second-order valence-electron chi connectivity index (χ2n) is 10.8. The fraction of sp³-hybridized carbons (Fsp3) is 0.548. The Balaban J connectivity index is 1.52. The summed E-state index contributed by atoms with van der Waals surface area (Å²) in [6.45, 7) is 6.91. The number of nitrogens with one attached hydrogen (secondary N) is 2. The maximum atomic E-state index is 13.4. The van der Waals surface area contributed by atoms with E-state index in [-0.39, 0.29) is 42.4 Å². The largest absolute Gasteiger partial charge is 0.474 e. The van der Waals surface area contributed by atoms with Gasteiger partial charge in [0.25, 0.3) is 5.91 Å². The number of benzene rings is 1. The lowest BCUT2D eigenvalue weighted by Gasteiger charge is -2.33. The molecule has 1 aliphatic heterocycles. The number of carbonyl (C=O) groups is 4. The summed E-state index contributed by atoms with van der Waals surface area (Å²) in [4.78, 5) is 61.9. The first-order valence-corrected chi connectivity index (χ1v) is 15.1. The predicted molar refractivity (Wildman–Crippen MR) is 158 cm³/mol. The normalized spacial score (nSPS) is 17.7. The van der Waals surface area contributed by atoms with Crippen LogP contribution in [-0.4, -0.2) is 89.7 Å². The molecule has 2 amide bonds. The fourth-order valence-corrected chi connectivity index (χ4v) is 5.05. The molecule has 2 N–H and O–H groups in total. The molecule has 1 aliphatic carbocycles. The van der Waals surface area contributed by atoms with Crippen molar-refractivity contribution in [3.05, 3.63) is 41.6 Å². The van der Waals surface area contributed by atoms with E-state index in [9.17, 15) is 19.2 Å². The molecule has 1 saturated carbocycles. The minimum atomic E-state index is -0.869. The smallest absolute Gasteiger partial charge is 0.409 e. The van der Waals surface area contributed by atoms with Gasteiger partial charge in [-0.05, 0) is 58.1 Å². The van der Waals surface area contributed by atoms with Crippen LogP contribution in [0.25, 0.3) is 11.4 Å². The van der Waals surface area contributed by atoms with Crippen molar-refractivity contribution in [2.45, 2.75) is 77.5 Å². The number of rotatable bonds is 12. The molecule has 4 rings (SSSR count). The summed E-state index contributed by atoms with van der Waals surface area (Å²) >= 11 is 0. The summed E-state index contributed by atoms with van der Waals surface area (Å²) in [5, 5.41) is 5.85. The summed E-state index contributed by atoms with van der Waals surface area (Å²) in [5.74, 6) is -0.836. The monoisotopic (exact) mass is 595 g/mol. The van der Waals surface area contributed by atoms with Gasteiger partial charge in [-0.1, -0.05) is 25.5 Å². The predicted octanol–water partition coefficient (Wildman–Crippen LogP) is 3.54. The average molecular weight is 596 g/mol. The molecule has 232 valence electrons. The molecule has 2 aromatic rings. The Morgan fingerprint density at radius 1 is 1.09 bits per heavy atom. The topological polar surface area (TPSA) is 149 Å². The van der Waals surface area contributed by atoms with Crippen LogP contribution in [0.15, 0.2) is 30.3 Å². The first-order valence-electron chi connectivity index (χ1n) is 15.1. The highest BCUT2D eigenvalue weighted by Crippen LogP contribution is 2.26.